The van der Waals surface area contributed by atoms with Crippen molar-refractivity contribution < 1.29 is 28.2 Å². The van der Waals surface area contributed by atoms with Gasteiger partial charge in [0.2, 0.25) is 5.43 Å². The quantitative estimate of drug-likeness (QED) is 0.465. The number of methoxy groups -OCH3 is 3. The lowest BCUT2D eigenvalue weighted by atomic mass is 9.91. The smallest absolute Gasteiger partial charge is 0.204 e. The molecule has 0 atom stereocenters. The first kappa shape index (κ1) is 20.1. The first-order chi connectivity index (χ1) is 14.3. The van der Waals surface area contributed by atoms with Gasteiger partial charge in [0.15, 0.2) is 11.5 Å². The number of carbonyl (C=O) groups excluding carboxylic acids is 1. The molecule has 0 bridgehead atoms. The summed E-state index contributed by atoms with van der Waals surface area (Å²) >= 11 is 0. The largest absolute Gasteiger partial charge is 0.496 e. The third-order valence-electron chi connectivity index (χ3n) is 5.58. The van der Waals surface area contributed by atoms with Crippen LogP contribution < -0.4 is 24.4 Å². The zero-order valence-electron chi connectivity index (χ0n) is 17.7. The van der Waals surface area contributed by atoms with Crippen LogP contribution in [0, 0.1) is 0 Å². The third-order valence-corrected chi connectivity index (χ3v) is 5.58. The number of hydrogen-bond donors (Lipinski definition) is 0. The van der Waals surface area contributed by atoms with Crippen molar-refractivity contribution >= 4 is 28.2 Å². The van der Waals surface area contributed by atoms with E-state index >= 15 is 0 Å². The first-order valence-electron chi connectivity index (χ1n) is 9.72. The molecule has 7 nitrogen and oxygen atoms in total. The predicted octanol–water partition coefficient (Wildman–Crippen LogP) is 3.82. The second-order valence-corrected chi connectivity index (χ2v) is 7.89. The third kappa shape index (κ3) is 2.96. The van der Waals surface area contributed by atoms with E-state index in [9.17, 15) is 9.59 Å². The lowest BCUT2D eigenvalue weighted by Gasteiger charge is -2.33. The number of carbonyl (C=O) groups is 1. The Hall–Kier alpha value is -3.22. The number of aldehydes is 1. The molecule has 0 radical (unpaired) electrons. The maximum atomic E-state index is 13.7. The molecule has 0 fully saturated rings. The fourth-order valence-corrected chi connectivity index (χ4v) is 4.13. The van der Waals surface area contributed by atoms with Crippen LogP contribution >= 0.6 is 0 Å². The molecule has 158 valence electrons. The van der Waals surface area contributed by atoms with Gasteiger partial charge in [0.25, 0.3) is 0 Å². The molecule has 0 N–H and O–H groups in total. The highest BCUT2D eigenvalue weighted by molar-refractivity contribution is 5.98. The van der Waals surface area contributed by atoms with Gasteiger partial charge in [-0.15, -0.1) is 0 Å². The van der Waals surface area contributed by atoms with E-state index in [2.05, 4.69) is 0 Å². The minimum atomic E-state index is -0.434. The second-order valence-electron chi connectivity index (χ2n) is 7.89. The summed E-state index contributed by atoms with van der Waals surface area (Å²) in [5.41, 5.74) is 1.21. The molecule has 7 heteroatoms. The fourth-order valence-electron chi connectivity index (χ4n) is 4.13. The Balaban J connectivity index is 2.20. The van der Waals surface area contributed by atoms with Crippen molar-refractivity contribution in [2.45, 2.75) is 38.7 Å². The zero-order chi connectivity index (χ0) is 21.6. The van der Waals surface area contributed by atoms with E-state index in [4.69, 9.17) is 23.4 Å². The normalized spacial score (nSPS) is 14.8. The Morgan fingerprint density at radius 2 is 1.70 bits per heavy atom. The molecule has 0 spiro atoms. The van der Waals surface area contributed by atoms with Gasteiger partial charge in [0.1, 0.15) is 39.9 Å². The molecular formula is C23H24O7. The number of rotatable bonds is 5. The molecule has 0 saturated carbocycles. The molecular weight excluding hydrogens is 388 g/mol. The SMILES string of the molecule is COc1cc2oc3cc(OC)c(OC)c(CC=O)c3c(=O)c2c2c1CCC(C)(C)O2. The topological polar surface area (TPSA) is 84.2 Å². The summed E-state index contributed by atoms with van der Waals surface area (Å²) < 4.78 is 28.8. The summed E-state index contributed by atoms with van der Waals surface area (Å²) in [5.74, 6) is 1.81. The number of hydrogen-bond acceptors (Lipinski definition) is 7. The summed E-state index contributed by atoms with van der Waals surface area (Å²) in [4.78, 5) is 25.1. The average Bonchev–Trinajstić information content (AvgIpc) is 2.71. The summed E-state index contributed by atoms with van der Waals surface area (Å²) in [7, 11) is 4.54. The van der Waals surface area contributed by atoms with Gasteiger partial charge in [-0.3, -0.25) is 4.79 Å². The van der Waals surface area contributed by atoms with E-state index < -0.39 is 5.60 Å². The summed E-state index contributed by atoms with van der Waals surface area (Å²) in [6, 6.07) is 3.31. The molecule has 0 aliphatic carbocycles. The minimum Gasteiger partial charge on any atom is -0.496 e. The number of benzene rings is 2. The van der Waals surface area contributed by atoms with E-state index in [1.165, 1.54) is 14.2 Å². The molecule has 1 aliphatic rings. The zero-order valence-corrected chi connectivity index (χ0v) is 17.7. The lowest BCUT2D eigenvalue weighted by Crippen LogP contribution is -2.33. The second kappa shape index (κ2) is 7.23. The maximum absolute atomic E-state index is 13.7. The Morgan fingerprint density at radius 3 is 2.33 bits per heavy atom. The Bertz CT molecular complexity index is 1220. The van der Waals surface area contributed by atoms with Gasteiger partial charge in [-0.25, -0.2) is 0 Å². The molecule has 1 aromatic heterocycles. The van der Waals surface area contributed by atoms with Crippen molar-refractivity contribution in [3.8, 4) is 23.0 Å². The molecule has 0 unspecified atom stereocenters. The van der Waals surface area contributed by atoms with E-state index in [0.29, 0.717) is 51.5 Å². The molecule has 0 amide bonds. The van der Waals surface area contributed by atoms with Crippen LogP contribution in [0.5, 0.6) is 23.0 Å². The molecule has 1 aliphatic heterocycles. The molecule has 3 aromatic rings. The number of fused-ring (bicyclic) bond motifs is 4. The van der Waals surface area contributed by atoms with Crippen molar-refractivity contribution in [1.82, 2.24) is 0 Å². The van der Waals surface area contributed by atoms with Gasteiger partial charge in [-0.05, 0) is 26.7 Å². The van der Waals surface area contributed by atoms with Gasteiger partial charge in [-0.2, -0.15) is 0 Å². The van der Waals surface area contributed by atoms with Gasteiger partial charge < -0.3 is 28.2 Å². The Kier molecular flexibility index (Phi) is 4.84. The monoisotopic (exact) mass is 412 g/mol. The van der Waals surface area contributed by atoms with Crippen molar-refractivity contribution in [1.29, 1.82) is 0 Å². The molecule has 2 heterocycles. The van der Waals surface area contributed by atoms with Crippen molar-refractivity contribution in [2.75, 3.05) is 21.3 Å². The van der Waals surface area contributed by atoms with Gasteiger partial charge in [0.05, 0.1) is 26.7 Å². The van der Waals surface area contributed by atoms with Crippen LogP contribution in [0.2, 0.25) is 0 Å². The van der Waals surface area contributed by atoms with Crippen molar-refractivity contribution in [2.24, 2.45) is 0 Å². The minimum absolute atomic E-state index is 0.0160. The van der Waals surface area contributed by atoms with E-state index in [1.807, 2.05) is 13.8 Å². The van der Waals surface area contributed by atoms with Crippen LogP contribution in [-0.4, -0.2) is 33.2 Å². The van der Waals surface area contributed by atoms with Gasteiger partial charge in [-0.1, -0.05) is 0 Å². The highest BCUT2D eigenvalue weighted by Crippen LogP contribution is 2.45. The maximum Gasteiger partial charge on any atom is 0.204 e. The molecule has 4 rings (SSSR count). The standard InChI is InChI=1S/C23H24O7/c1-23(2)8-6-12-14(26-3)10-16-19(22(12)30-23)20(25)18-13(7-9-24)21(28-5)17(27-4)11-15(18)29-16/h9-11H,6-8H2,1-5H3. The Morgan fingerprint density at radius 1 is 1.03 bits per heavy atom. The van der Waals surface area contributed by atoms with Crippen LogP contribution in [0.3, 0.4) is 0 Å². The molecule has 2 aromatic carbocycles. The van der Waals surface area contributed by atoms with Gasteiger partial charge >= 0.3 is 0 Å². The van der Waals surface area contributed by atoms with Crippen LogP contribution in [0.1, 0.15) is 31.4 Å². The molecule has 0 saturated heterocycles. The van der Waals surface area contributed by atoms with Crippen LogP contribution in [-0.2, 0) is 17.6 Å². The van der Waals surface area contributed by atoms with Crippen LogP contribution in [0.15, 0.2) is 21.3 Å². The first-order valence-corrected chi connectivity index (χ1v) is 9.72. The van der Waals surface area contributed by atoms with Gasteiger partial charge in [0, 0.05) is 29.7 Å². The van der Waals surface area contributed by atoms with E-state index in [-0.39, 0.29) is 17.2 Å². The lowest BCUT2D eigenvalue weighted by molar-refractivity contribution is -0.107. The van der Waals surface area contributed by atoms with E-state index in [0.717, 1.165) is 18.3 Å². The fraction of sp³-hybridized carbons (Fsp3) is 0.391. The van der Waals surface area contributed by atoms with Crippen molar-refractivity contribution in [3.05, 3.63) is 33.5 Å². The van der Waals surface area contributed by atoms with Crippen LogP contribution in [0.4, 0.5) is 0 Å². The van der Waals surface area contributed by atoms with E-state index in [1.54, 1.807) is 19.2 Å². The summed E-state index contributed by atoms with van der Waals surface area (Å²) in [5, 5.41) is 0.622. The molecule has 30 heavy (non-hydrogen) atoms. The Labute approximate surface area is 173 Å². The highest BCUT2D eigenvalue weighted by atomic mass is 16.5. The summed E-state index contributed by atoms with van der Waals surface area (Å²) in [6.45, 7) is 3.96. The predicted molar refractivity (Wildman–Crippen MR) is 112 cm³/mol. The summed E-state index contributed by atoms with van der Waals surface area (Å²) in [6.07, 6.45) is 2.22. The van der Waals surface area contributed by atoms with Crippen molar-refractivity contribution in [3.63, 3.8) is 0 Å². The highest BCUT2D eigenvalue weighted by Gasteiger charge is 2.32. The average molecular weight is 412 g/mol. The number of ether oxygens (including phenoxy) is 4. The van der Waals surface area contributed by atoms with Crippen LogP contribution in [0.25, 0.3) is 21.9 Å².